The van der Waals surface area contributed by atoms with Gasteiger partial charge in [0.25, 0.3) is 5.91 Å². The van der Waals surface area contributed by atoms with Gasteiger partial charge in [0.1, 0.15) is 11.5 Å². The maximum atomic E-state index is 11.0. The van der Waals surface area contributed by atoms with Gasteiger partial charge in [0.15, 0.2) is 0 Å². The number of nitrogens with zero attached hydrogens (tertiary/aromatic N) is 1. The zero-order valence-electron chi connectivity index (χ0n) is 9.98. The molecule has 19 heavy (non-hydrogen) atoms. The van der Waals surface area contributed by atoms with E-state index in [2.05, 4.69) is 4.98 Å². The first-order chi connectivity index (χ1) is 9.29. The largest absolute Gasteiger partial charge is 0.455 e. The second-order valence-corrected chi connectivity index (χ2v) is 3.64. The van der Waals surface area contributed by atoms with Gasteiger partial charge in [0.2, 0.25) is 0 Å². The Hall–Kier alpha value is -2.66. The van der Waals surface area contributed by atoms with Crippen molar-refractivity contribution in [1.29, 1.82) is 0 Å². The van der Waals surface area contributed by atoms with E-state index in [1.807, 2.05) is 12.1 Å². The Kier molecular flexibility index (Phi) is 4.25. The van der Waals surface area contributed by atoms with Crippen molar-refractivity contribution >= 4 is 12.0 Å². The second-order valence-electron chi connectivity index (χ2n) is 3.64. The van der Waals surface area contributed by atoms with E-state index in [4.69, 9.17) is 9.94 Å². The molecular formula is C14H12N2O3. The molecular weight excluding hydrogens is 244 g/mol. The molecule has 0 atom stereocenters. The zero-order valence-corrected chi connectivity index (χ0v) is 9.98. The molecule has 0 spiro atoms. The predicted octanol–water partition coefficient (Wildman–Crippen LogP) is 2.39. The summed E-state index contributed by atoms with van der Waals surface area (Å²) in [5.74, 6) is 0.601. The van der Waals surface area contributed by atoms with Crippen molar-refractivity contribution in [2.75, 3.05) is 0 Å². The van der Waals surface area contributed by atoms with Gasteiger partial charge in [-0.05, 0) is 24.3 Å². The third kappa shape index (κ3) is 3.65. The normalized spacial score (nSPS) is 10.4. The highest BCUT2D eigenvalue weighted by Gasteiger charge is 2.02. The number of hydroxylamine groups is 1. The number of carbonyl (C=O) groups is 1. The van der Waals surface area contributed by atoms with Crippen LogP contribution in [0.3, 0.4) is 0 Å². The van der Waals surface area contributed by atoms with Crippen LogP contribution in [0.4, 0.5) is 0 Å². The highest BCUT2D eigenvalue weighted by molar-refractivity contribution is 5.91. The van der Waals surface area contributed by atoms with Crippen LogP contribution in [0.1, 0.15) is 5.56 Å². The Morgan fingerprint density at radius 1 is 1.26 bits per heavy atom. The summed E-state index contributed by atoms with van der Waals surface area (Å²) in [6.45, 7) is 0. The SMILES string of the molecule is O=C(C=Cc1ccccc1Oc1cccnc1)NO. The van der Waals surface area contributed by atoms with Gasteiger partial charge in [-0.25, -0.2) is 5.48 Å². The summed E-state index contributed by atoms with van der Waals surface area (Å²) >= 11 is 0. The number of aromatic nitrogens is 1. The second kappa shape index (κ2) is 6.32. The lowest BCUT2D eigenvalue weighted by atomic mass is 10.2. The summed E-state index contributed by atoms with van der Waals surface area (Å²) in [6.07, 6.45) is 6.02. The third-order valence-electron chi connectivity index (χ3n) is 2.31. The fourth-order valence-corrected chi connectivity index (χ4v) is 1.45. The van der Waals surface area contributed by atoms with Crippen molar-refractivity contribution in [3.8, 4) is 11.5 Å². The van der Waals surface area contributed by atoms with Crippen LogP contribution in [0.5, 0.6) is 11.5 Å². The molecule has 0 radical (unpaired) electrons. The van der Waals surface area contributed by atoms with Gasteiger partial charge in [0, 0.05) is 17.8 Å². The molecule has 5 nitrogen and oxygen atoms in total. The fraction of sp³-hybridized carbons (Fsp3) is 0. The molecule has 1 aromatic carbocycles. The molecule has 2 N–H and O–H groups in total. The van der Waals surface area contributed by atoms with Crippen LogP contribution >= 0.6 is 0 Å². The maximum absolute atomic E-state index is 11.0. The van der Waals surface area contributed by atoms with Gasteiger partial charge in [-0.1, -0.05) is 18.2 Å². The van der Waals surface area contributed by atoms with Crippen molar-refractivity contribution in [3.05, 3.63) is 60.4 Å². The van der Waals surface area contributed by atoms with Gasteiger partial charge in [-0.15, -0.1) is 0 Å². The molecule has 0 saturated heterocycles. The van der Waals surface area contributed by atoms with Gasteiger partial charge >= 0.3 is 0 Å². The summed E-state index contributed by atoms with van der Waals surface area (Å²) in [6, 6.07) is 10.8. The predicted molar refractivity (Wildman–Crippen MR) is 69.7 cm³/mol. The highest BCUT2D eigenvalue weighted by atomic mass is 16.5. The summed E-state index contributed by atoms with van der Waals surface area (Å²) < 4.78 is 5.67. The van der Waals surface area contributed by atoms with Gasteiger partial charge in [0.05, 0.1) is 6.20 Å². The Morgan fingerprint density at radius 3 is 2.84 bits per heavy atom. The van der Waals surface area contributed by atoms with Crippen molar-refractivity contribution in [2.24, 2.45) is 0 Å². The Labute approximate surface area is 110 Å². The summed E-state index contributed by atoms with van der Waals surface area (Å²) in [7, 11) is 0. The zero-order chi connectivity index (χ0) is 13.5. The molecule has 0 aliphatic rings. The van der Waals surface area contributed by atoms with E-state index in [0.717, 1.165) is 5.56 Å². The number of para-hydroxylation sites is 1. The average Bonchev–Trinajstić information content (AvgIpc) is 2.47. The molecule has 2 rings (SSSR count). The van der Waals surface area contributed by atoms with E-state index < -0.39 is 5.91 Å². The number of hydrogen-bond acceptors (Lipinski definition) is 4. The van der Waals surface area contributed by atoms with Crippen LogP contribution in [0, 0.1) is 0 Å². The number of benzene rings is 1. The minimum Gasteiger partial charge on any atom is -0.455 e. The lowest BCUT2D eigenvalue weighted by Crippen LogP contribution is -2.14. The lowest BCUT2D eigenvalue weighted by molar-refractivity contribution is -0.124. The van der Waals surface area contributed by atoms with E-state index in [9.17, 15) is 4.79 Å². The van der Waals surface area contributed by atoms with Crippen LogP contribution in [-0.4, -0.2) is 16.1 Å². The summed E-state index contributed by atoms with van der Waals surface area (Å²) in [5.41, 5.74) is 2.25. The quantitative estimate of drug-likeness (QED) is 0.500. The molecule has 5 heteroatoms. The average molecular weight is 256 g/mol. The minimum absolute atomic E-state index is 0.595. The van der Waals surface area contributed by atoms with Crippen LogP contribution < -0.4 is 10.2 Å². The van der Waals surface area contributed by atoms with Crippen LogP contribution in [0.25, 0.3) is 6.08 Å². The molecule has 1 heterocycles. The van der Waals surface area contributed by atoms with Crippen molar-refractivity contribution in [1.82, 2.24) is 10.5 Å². The van der Waals surface area contributed by atoms with Crippen molar-refractivity contribution in [2.45, 2.75) is 0 Å². The van der Waals surface area contributed by atoms with Crippen LogP contribution in [0.15, 0.2) is 54.9 Å². The third-order valence-corrected chi connectivity index (χ3v) is 2.31. The maximum Gasteiger partial charge on any atom is 0.267 e. The number of pyridine rings is 1. The molecule has 96 valence electrons. The molecule has 1 amide bonds. The van der Waals surface area contributed by atoms with Crippen LogP contribution in [-0.2, 0) is 4.79 Å². The number of ether oxygens (including phenoxy) is 1. The smallest absolute Gasteiger partial charge is 0.267 e. The molecule has 1 aromatic heterocycles. The Bertz CT molecular complexity index is 582. The van der Waals surface area contributed by atoms with Gasteiger partial charge in [-0.2, -0.15) is 0 Å². The number of rotatable bonds is 4. The monoisotopic (exact) mass is 256 g/mol. The van der Waals surface area contributed by atoms with E-state index in [1.54, 1.807) is 42.7 Å². The molecule has 0 aliphatic heterocycles. The van der Waals surface area contributed by atoms with E-state index >= 15 is 0 Å². The number of carbonyl (C=O) groups excluding carboxylic acids is 1. The molecule has 0 fully saturated rings. The van der Waals surface area contributed by atoms with Crippen molar-refractivity contribution in [3.63, 3.8) is 0 Å². The lowest BCUT2D eigenvalue weighted by Gasteiger charge is -2.07. The topological polar surface area (TPSA) is 71.5 Å². The Balaban J connectivity index is 2.21. The van der Waals surface area contributed by atoms with E-state index in [-0.39, 0.29) is 0 Å². The molecule has 0 saturated carbocycles. The highest BCUT2D eigenvalue weighted by Crippen LogP contribution is 2.25. The van der Waals surface area contributed by atoms with Crippen molar-refractivity contribution < 1.29 is 14.7 Å². The Morgan fingerprint density at radius 2 is 2.11 bits per heavy atom. The van der Waals surface area contributed by atoms with Gasteiger partial charge < -0.3 is 4.74 Å². The fourth-order valence-electron chi connectivity index (χ4n) is 1.45. The minimum atomic E-state index is -0.601. The molecule has 0 aliphatic carbocycles. The first kappa shape index (κ1) is 12.8. The standard InChI is InChI=1S/C14H12N2O3/c17-14(16-18)8-7-11-4-1-2-6-13(11)19-12-5-3-9-15-10-12/h1-10,18H,(H,16,17). The van der Waals surface area contributed by atoms with Gasteiger partial charge in [-0.3, -0.25) is 15.0 Å². The molecule has 0 bridgehead atoms. The summed E-state index contributed by atoms with van der Waals surface area (Å²) in [5, 5.41) is 8.43. The first-order valence-corrected chi connectivity index (χ1v) is 5.58. The number of hydrogen-bond donors (Lipinski definition) is 2. The van der Waals surface area contributed by atoms with E-state index in [1.165, 1.54) is 11.6 Å². The molecule has 2 aromatic rings. The molecule has 0 unspecified atom stereocenters. The number of nitrogens with one attached hydrogen (secondary N) is 1. The van der Waals surface area contributed by atoms with E-state index in [0.29, 0.717) is 11.5 Å². The van der Waals surface area contributed by atoms with Crippen LogP contribution in [0.2, 0.25) is 0 Å². The summed E-state index contributed by atoms with van der Waals surface area (Å²) in [4.78, 5) is 14.9. The number of amides is 1. The first-order valence-electron chi connectivity index (χ1n) is 5.58.